The molecule has 0 spiro atoms. The maximum absolute atomic E-state index is 12.2. The van der Waals surface area contributed by atoms with E-state index in [0.717, 1.165) is 12.1 Å². The van der Waals surface area contributed by atoms with Crippen molar-refractivity contribution in [1.82, 2.24) is 0 Å². The number of amides is 1. The molecule has 1 amide bonds. The summed E-state index contributed by atoms with van der Waals surface area (Å²) >= 11 is 1.69. The number of benzene rings is 1. The van der Waals surface area contributed by atoms with Gasteiger partial charge in [0.05, 0.1) is 5.69 Å². The van der Waals surface area contributed by atoms with Crippen LogP contribution in [0, 0.1) is 3.57 Å². The van der Waals surface area contributed by atoms with Gasteiger partial charge >= 0.3 is 21.6 Å². The number of hydrogen-bond donors (Lipinski definition) is 1. The largest absolute Gasteiger partial charge is 0.858 e. The van der Waals surface area contributed by atoms with Crippen molar-refractivity contribution in [1.29, 1.82) is 0 Å². The fourth-order valence-corrected chi connectivity index (χ4v) is 2.32. The number of nitrogens with one attached hydrogen (secondary N) is 1. The second kappa shape index (κ2) is 7.83. The van der Waals surface area contributed by atoms with Gasteiger partial charge in [-0.15, -0.1) is 0 Å². The highest BCUT2D eigenvalue weighted by molar-refractivity contribution is 14.1. The summed E-state index contributed by atoms with van der Waals surface area (Å²) in [7, 11) is -5.92. The van der Waals surface area contributed by atoms with E-state index in [0.29, 0.717) is 0 Å². The van der Waals surface area contributed by atoms with Crippen LogP contribution in [0.5, 0.6) is 0 Å². The van der Waals surface area contributed by atoms with Gasteiger partial charge in [-0.3, -0.25) is 5.32 Å². The van der Waals surface area contributed by atoms with Gasteiger partial charge in [-0.05, 0) is 40.3 Å². The third-order valence-corrected chi connectivity index (χ3v) is 4.16. The number of carbonyl (C=O) groups excluding carboxylic acids is 1. The van der Waals surface area contributed by atoms with Crippen LogP contribution in [0.3, 0.4) is 0 Å². The Morgan fingerprint density at radius 2 is 2.08 bits per heavy atom. The van der Waals surface area contributed by atoms with Crippen LogP contribution < -0.4 is 10.4 Å². The van der Waals surface area contributed by atoms with E-state index in [2.05, 4.69) is 21.0 Å². The van der Waals surface area contributed by atoms with E-state index in [1.807, 2.05) is 0 Å². The lowest BCUT2D eigenvalue weighted by Gasteiger charge is -2.14. The van der Waals surface area contributed by atoms with Crippen molar-refractivity contribution in [3.63, 3.8) is 0 Å². The van der Waals surface area contributed by atoms with E-state index < -0.39 is 33.1 Å². The predicted octanol–water partition coefficient (Wildman–Crippen LogP) is 1.98. The van der Waals surface area contributed by atoms with Crippen molar-refractivity contribution in [3.05, 3.63) is 40.0 Å². The summed E-state index contributed by atoms with van der Waals surface area (Å²) in [6.07, 6.45) is 0.533. The van der Waals surface area contributed by atoms with Crippen LogP contribution in [0.25, 0.3) is 0 Å². The van der Waals surface area contributed by atoms with E-state index >= 15 is 0 Å². The Morgan fingerprint density at radius 3 is 2.58 bits per heavy atom. The summed E-state index contributed by atoms with van der Waals surface area (Å²) in [5.74, 6) is -1.58. The first kappa shape index (κ1) is 20.2. The van der Waals surface area contributed by atoms with Gasteiger partial charge in [0.2, 0.25) is 0 Å². The number of anilines is 1. The fourth-order valence-electron chi connectivity index (χ4n) is 1.24. The van der Waals surface area contributed by atoms with E-state index in [1.54, 1.807) is 22.6 Å². The number of ether oxygens (including phenoxy) is 1. The van der Waals surface area contributed by atoms with E-state index in [4.69, 9.17) is 0 Å². The molecule has 0 bridgehead atoms. The van der Waals surface area contributed by atoms with Gasteiger partial charge in [0.25, 0.3) is 0 Å². The van der Waals surface area contributed by atoms with E-state index in [1.165, 1.54) is 12.1 Å². The smallest absolute Gasteiger partial charge is 0.518 e. The Kier molecular flexibility index (Phi) is 6.59. The van der Waals surface area contributed by atoms with Gasteiger partial charge in [0, 0.05) is 9.47 Å². The normalized spacial score (nSPS) is 12.6. The first-order chi connectivity index (χ1) is 11.0. The Labute approximate surface area is 148 Å². The van der Waals surface area contributed by atoms with Gasteiger partial charge in [-0.25, -0.2) is 4.79 Å². The summed E-state index contributed by atoms with van der Waals surface area (Å²) in [5.41, 5.74) is -5.84. The highest BCUT2D eigenvalue weighted by atomic mass is 127. The molecule has 0 heterocycles. The van der Waals surface area contributed by atoms with Gasteiger partial charge < -0.3 is 9.84 Å². The quantitative estimate of drug-likeness (QED) is 0.302. The average molecular weight is 477 g/mol. The Hall–Kier alpha value is -1.83. The number of sulfonamides is 1. The number of rotatable bonds is 5. The number of carbonyl (C=O) groups is 1. The fraction of sp³-hybridized carbons (Fsp3) is 0.167. The topological polar surface area (TPSA) is 108 Å². The van der Waals surface area contributed by atoms with Crippen LogP contribution >= 0.6 is 22.6 Å². The summed E-state index contributed by atoms with van der Waals surface area (Å²) in [5, 5.41) is 13.9. The number of nitrogens with zero attached hydrogens (tertiary/aromatic N) is 1. The molecule has 0 aliphatic rings. The zero-order chi connectivity index (χ0) is 18.5. The molecular weight excluding hydrogens is 468 g/mol. The summed E-state index contributed by atoms with van der Waals surface area (Å²) < 4.78 is 65.4. The van der Waals surface area contributed by atoms with Crippen molar-refractivity contribution in [2.75, 3.05) is 11.9 Å². The molecule has 12 heteroatoms. The van der Waals surface area contributed by atoms with Gasteiger partial charge in [0.1, 0.15) is 6.61 Å². The predicted molar refractivity (Wildman–Crippen MR) is 85.8 cm³/mol. The van der Waals surface area contributed by atoms with Crippen LogP contribution in [0.15, 0.2) is 35.3 Å². The van der Waals surface area contributed by atoms with E-state index in [-0.39, 0.29) is 15.9 Å². The third-order valence-electron chi connectivity index (χ3n) is 2.28. The molecule has 0 fully saturated rings. The van der Waals surface area contributed by atoms with Crippen molar-refractivity contribution >= 4 is 50.3 Å². The zero-order valence-electron chi connectivity index (χ0n) is 11.6. The van der Waals surface area contributed by atoms with Gasteiger partial charge in [0.15, 0.2) is 0 Å². The molecule has 1 aromatic carbocycles. The molecule has 0 aliphatic heterocycles. The molecule has 24 heavy (non-hydrogen) atoms. The summed E-state index contributed by atoms with van der Waals surface area (Å²) in [6, 6.07) is 3.28. The zero-order valence-corrected chi connectivity index (χ0v) is 14.6. The standard InChI is InChI=1S/C12H10F3IN2O5S/c1-2-5-23-11(20)17-9-4-3-7(6-8(9)16)10(19)18-24(21,22)12(13,14)15/h2-4,6H,1,5H2,(H,17,20)(H,18,19)/p-1. The monoisotopic (exact) mass is 477 g/mol. The molecule has 132 valence electrons. The lowest BCUT2D eigenvalue weighted by atomic mass is 10.2. The molecule has 0 saturated carbocycles. The van der Waals surface area contributed by atoms with Crippen LogP contribution in [0.4, 0.5) is 23.7 Å². The average Bonchev–Trinajstić information content (AvgIpc) is 2.45. The van der Waals surface area contributed by atoms with Crippen molar-refractivity contribution < 1.29 is 36.2 Å². The minimum atomic E-state index is -5.92. The van der Waals surface area contributed by atoms with Gasteiger partial charge in [-0.1, -0.05) is 18.7 Å². The molecule has 1 aromatic rings. The van der Waals surface area contributed by atoms with E-state index in [9.17, 15) is 31.5 Å². The van der Waals surface area contributed by atoms with Gasteiger partial charge in [-0.2, -0.15) is 26.0 Å². The molecule has 0 aliphatic carbocycles. The second-order valence-corrected chi connectivity index (χ2v) is 6.78. The molecule has 0 radical (unpaired) electrons. The van der Waals surface area contributed by atoms with Crippen LogP contribution in [0.1, 0.15) is 5.56 Å². The van der Waals surface area contributed by atoms with Crippen LogP contribution in [-0.4, -0.2) is 32.5 Å². The molecule has 0 unspecified atom stereocenters. The second-order valence-electron chi connectivity index (χ2n) is 4.02. The highest BCUT2D eigenvalue weighted by Crippen LogP contribution is 2.25. The lowest BCUT2D eigenvalue weighted by molar-refractivity contribution is -0.212. The van der Waals surface area contributed by atoms with Crippen molar-refractivity contribution in [3.8, 4) is 0 Å². The van der Waals surface area contributed by atoms with Crippen molar-refractivity contribution in [2.45, 2.75) is 5.51 Å². The first-order valence-corrected chi connectivity index (χ1v) is 8.42. The molecule has 0 saturated heterocycles. The molecule has 7 nitrogen and oxygen atoms in total. The minimum absolute atomic E-state index is 0.0346. The maximum Gasteiger partial charge on any atom is 0.518 e. The molecule has 1 rings (SSSR count). The number of halogens is 4. The number of hydrogen-bond acceptors (Lipinski definition) is 5. The Morgan fingerprint density at radius 1 is 1.46 bits per heavy atom. The van der Waals surface area contributed by atoms with Crippen LogP contribution in [0.2, 0.25) is 0 Å². The molecule has 0 atom stereocenters. The Balaban J connectivity index is 3.03. The van der Waals surface area contributed by atoms with Crippen LogP contribution in [-0.2, 0) is 14.8 Å². The summed E-state index contributed by atoms with van der Waals surface area (Å²) in [4.78, 5) is 11.4. The summed E-state index contributed by atoms with van der Waals surface area (Å²) in [6.45, 7) is 3.32. The molecular formula is C12H9F3IN2O5S-. The maximum atomic E-state index is 12.2. The first-order valence-electron chi connectivity index (χ1n) is 5.91. The Bertz CT molecular complexity index is 777. The molecule has 1 N–H and O–H groups in total. The molecule has 0 aromatic heterocycles. The SMILES string of the molecule is C=CCOC(=O)Nc1ccc(/C([O-])=N/S(=O)(=O)C(F)(F)F)cc1I. The minimum Gasteiger partial charge on any atom is -0.858 e. The lowest BCUT2D eigenvalue weighted by Crippen LogP contribution is -2.27. The third kappa shape index (κ3) is 5.36. The number of alkyl halides is 3. The highest BCUT2D eigenvalue weighted by Gasteiger charge is 2.45. The van der Waals surface area contributed by atoms with Crippen molar-refractivity contribution in [2.24, 2.45) is 4.40 Å².